The standard InChI is InChI=1S/C15H15N5/c1-2-12-9-16-10-13(12)7-11(1)8-17-14-4-6-20-15(19-14)3-5-18-20/h1-7,16H,8-10H2,(H,17,19). The van der Waals surface area contributed by atoms with Crippen molar-refractivity contribution in [3.8, 4) is 0 Å². The van der Waals surface area contributed by atoms with Gasteiger partial charge in [-0.1, -0.05) is 18.2 Å². The minimum atomic E-state index is 0.782. The van der Waals surface area contributed by atoms with Gasteiger partial charge in [-0.05, 0) is 22.8 Å². The molecule has 0 bridgehead atoms. The van der Waals surface area contributed by atoms with E-state index in [1.807, 2.05) is 18.3 Å². The molecule has 0 spiro atoms. The van der Waals surface area contributed by atoms with Crippen molar-refractivity contribution in [1.29, 1.82) is 0 Å². The van der Waals surface area contributed by atoms with E-state index in [2.05, 4.69) is 38.9 Å². The Morgan fingerprint density at radius 3 is 3.10 bits per heavy atom. The van der Waals surface area contributed by atoms with Gasteiger partial charge in [-0.2, -0.15) is 5.10 Å². The van der Waals surface area contributed by atoms with Crippen LogP contribution in [0.25, 0.3) is 5.65 Å². The Balaban J connectivity index is 1.52. The van der Waals surface area contributed by atoms with E-state index in [0.717, 1.165) is 31.1 Å². The lowest BCUT2D eigenvalue weighted by atomic mass is 10.1. The van der Waals surface area contributed by atoms with Crippen LogP contribution in [0.15, 0.2) is 42.7 Å². The van der Waals surface area contributed by atoms with Gasteiger partial charge in [0, 0.05) is 31.9 Å². The average molecular weight is 265 g/mol. The molecule has 5 heteroatoms. The first-order chi connectivity index (χ1) is 9.88. The van der Waals surface area contributed by atoms with Gasteiger partial charge in [0.1, 0.15) is 5.82 Å². The molecule has 1 aromatic carbocycles. The Bertz CT molecular complexity index is 762. The van der Waals surface area contributed by atoms with Crippen molar-refractivity contribution in [2.75, 3.05) is 5.32 Å². The number of hydrogen-bond donors (Lipinski definition) is 2. The van der Waals surface area contributed by atoms with Gasteiger partial charge in [-0.15, -0.1) is 0 Å². The molecule has 0 aliphatic carbocycles. The second-order valence-electron chi connectivity index (χ2n) is 5.01. The lowest BCUT2D eigenvalue weighted by Crippen LogP contribution is -2.03. The van der Waals surface area contributed by atoms with Crippen molar-refractivity contribution in [2.24, 2.45) is 0 Å². The molecule has 3 heterocycles. The summed E-state index contributed by atoms with van der Waals surface area (Å²) in [4.78, 5) is 4.50. The summed E-state index contributed by atoms with van der Waals surface area (Å²) in [6.07, 6.45) is 3.66. The first-order valence-electron chi connectivity index (χ1n) is 6.74. The predicted octanol–water partition coefficient (Wildman–Crippen LogP) is 1.94. The summed E-state index contributed by atoms with van der Waals surface area (Å²) in [5, 5.41) is 10.9. The molecule has 0 unspecified atom stereocenters. The van der Waals surface area contributed by atoms with E-state index in [4.69, 9.17) is 0 Å². The Morgan fingerprint density at radius 1 is 1.15 bits per heavy atom. The monoisotopic (exact) mass is 265 g/mol. The molecule has 4 rings (SSSR count). The van der Waals surface area contributed by atoms with E-state index in [0.29, 0.717) is 0 Å². The van der Waals surface area contributed by atoms with Gasteiger partial charge < -0.3 is 10.6 Å². The van der Waals surface area contributed by atoms with Gasteiger partial charge in [0.25, 0.3) is 0 Å². The largest absolute Gasteiger partial charge is 0.366 e. The topological polar surface area (TPSA) is 54.2 Å². The normalized spacial score (nSPS) is 13.6. The molecule has 0 fully saturated rings. The third kappa shape index (κ3) is 2.02. The van der Waals surface area contributed by atoms with Crippen molar-refractivity contribution in [3.63, 3.8) is 0 Å². The van der Waals surface area contributed by atoms with Crippen LogP contribution in [0.2, 0.25) is 0 Å². The summed E-state index contributed by atoms with van der Waals surface area (Å²) in [6.45, 7) is 2.75. The molecule has 0 amide bonds. The first-order valence-corrected chi connectivity index (χ1v) is 6.74. The molecule has 0 saturated carbocycles. The van der Waals surface area contributed by atoms with Crippen LogP contribution in [0.4, 0.5) is 5.82 Å². The van der Waals surface area contributed by atoms with Gasteiger partial charge in [0.2, 0.25) is 0 Å². The molecule has 100 valence electrons. The van der Waals surface area contributed by atoms with Crippen LogP contribution in [0.5, 0.6) is 0 Å². The van der Waals surface area contributed by atoms with Crippen molar-refractivity contribution in [3.05, 3.63) is 59.4 Å². The van der Waals surface area contributed by atoms with Crippen LogP contribution in [-0.2, 0) is 19.6 Å². The first kappa shape index (κ1) is 11.4. The maximum atomic E-state index is 4.50. The zero-order valence-corrected chi connectivity index (χ0v) is 11.0. The molecular formula is C15H15N5. The Labute approximate surface area is 116 Å². The SMILES string of the molecule is c1cc2nc(NCc3ccc4c(c3)CNC4)ccn2n1. The quantitative estimate of drug-likeness (QED) is 0.760. The minimum absolute atomic E-state index is 0.782. The highest BCUT2D eigenvalue weighted by atomic mass is 15.2. The number of nitrogens with zero attached hydrogens (tertiary/aromatic N) is 3. The van der Waals surface area contributed by atoms with Crippen LogP contribution in [0.3, 0.4) is 0 Å². The van der Waals surface area contributed by atoms with Crippen molar-refractivity contribution in [2.45, 2.75) is 19.6 Å². The fourth-order valence-electron chi connectivity index (χ4n) is 2.56. The molecule has 3 aromatic rings. The lowest BCUT2D eigenvalue weighted by Gasteiger charge is -2.07. The summed E-state index contributed by atoms with van der Waals surface area (Å²) < 4.78 is 1.76. The fraction of sp³-hybridized carbons (Fsp3) is 0.200. The fourth-order valence-corrected chi connectivity index (χ4v) is 2.56. The van der Waals surface area contributed by atoms with Gasteiger partial charge >= 0.3 is 0 Å². The van der Waals surface area contributed by atoms with Crippen molar-refractivity contribution in [1.82, 2.24) is 19.9 Å². The van der Waals surface area contributed by atoms with Crippen LogP contribution in [-0.4, -0.2) is 14.6 Å². The highest BCUT2D eigenvalue weighted by molar-refractivity contribution is 5.46. The molecule has 5 nitrogen and oxygen atoms in total. The van der Waals surface area contributed by atoms with Crippen LogP contribution in [0.1, 0.15) is 16.7 Å². The molecule has 0 saturated heterocycles. The number of benzene rings is 1. The van der Waals surface area contributed by atoms with E-state index in [9.17, 15) is 0 Å². The van der Waals surface area contributed by atoms with Gasteiger partial charge in [-0.3, -0.25) is 0 Å². The number of fused-ring (bicyclic) bond motifs is 2. The van der Waals surface area contributed by atoms with E-state index in [1.165, 1.54) is 16.7 Å². The molecule has 2 N–H and O–H groups in total. The van der Waals surface area contributed by atoms with Crippen LogP contribution in [0, 0.1) is 0 Å². The van der Waals surface area contributed by atoms with E-state index in [-0.39, 0.29) is 0 Å². The Morgan fingerprint density at radius 2 is 2.10 bits per heavy atom. The zero-order valence-electron chi connectivity index (χ0n) is 11.0. The predicted molar refractivity (Wildman–Crippen MR) is 77.3 cm³/mol. The second kappa shape index (κ2) is 4.61. The van der Waals surface area contributed by atoms with Crippen LogP contribution >= 0.6 is 0 Å². The van der Waals surface area contributed by atoms with Gasteiger partial charge in [0.15, 0.2) is 5.65 Å². The number of aromatic nitrogens is 3. The smallest absolute Gasteiger partial charge is 0.157 e. The molecule has 1 aliphatic rings. The maximum Gasteiger partial charge on any atom is 0.157 e. The second-order valence-corrected chi connectivity index (χ2v) is 5.01. The number of hydrogen-bond acceptors (Lipinski definition) is 4. The lowest BCUT2D eigenvalue weighted by molar-refractivity contribution is 0.764. The summed E-state index contributed by atoms with van der Waals surface area (Å²) in [5.41, 5.74) is 4.95. The summed E-state index contributed by atoms with van der Waals surface area (Å²) in [7, 11) is 0. The zero-order chi connectivity index (χ0) is 13.4. The number of anilines is 1. The minimum Gasteiger partial charge on any atom is -0.366 e. The Kier molecular flexibility index (Phi) is 2.63. The molecule has 0 radical (unpaired) electrons. The molecule has 20 heavy (non-hydrogen) atoms. The molecule has 2 aromatic heterocycles. The molecule has 1 aliphatic heterocycles. The highest BCUT2D eigenvalue weighted by Gasteiger charge is 2.09. The highest BCUT2D eigenvalue weighted by Crippen LogP contribution is 2.17. The summed E-state index contributed by atoms with van der Waals surface area (Å²) in [6, 6.07) is 10.5. The van der Waals surface area contributed by atoms with Gasteiger partial charge in [-0.25, -0.2) is 9.50 Å². The van der Waals surface area contributed by atoms with Crippen molar-refractivity contribution < 1.29 is 0 Å². The summed E-state index contributed by atoms with van der Waals surface area (Å²) >= 11 is 0. The van der Waals surface area contributed by atoms with Gasteiger partial charge in [0.05, 0.1) is 6.20 Å². The third-order valence-electron chi connectivity index (χ3n) is 3.63. The third-order valence-corrected chi connectivity index (χ3v) is 3.63. The van der Waals surface area contributed by atoms with E-state index < -0.39 is 0 Å². The number of nitrogens with one attached hydrogen (secondary N) is 2. The Hall–Kier alpha value is -2.40. The molecule has 0 atom stereocenters. The van der Waals surface area contributed by atoms with Crippen LogP contribution < -0.4 is 10.6 Å². The average Bonchev–Trinajstić information content (AvgIpc) is 3.12. The molecular weight excluding hydrogens is 250 g/mol. The number of rotatable bonds is 3. The maximum absolute atomic E-state index is 4.50. The van der Waals surface area contributed by atoms with E-state index >= 15 is 0 Å². The summed E-state index contributed by atoms with van der Waals surface area (Å²) in [5.74, 6) is 0.872. The van der Waals surface area contributed by atoms with E-state index in [1.54, 1.807) is 10.7 Å². The van der Waals surface area contributed by atoms with Crippen molar-refractivity contribution >= 4 is 11.5 Å².